The van der Waals surface area contributed by atoms with E-state index in [4.69, 9.17) is 4.74 Å². The molecule has 1 N–H and O–H groups in total. The molecule has 0 spiro atoms. The van der Waals surface area contributed by atoms with Crippen molar-refractivity contribution in [2.24, 2.45) is 0 Å². The van der Waals surface area contributed by atoms with Gasteiger partial charge in [-0.05, 0) is 55.2 Å². The molecule has 7 heteroatoms. The van der Waals surface area contributed by atoms with Crippen LogP contribution >= 0.6 is 15.9 Å². The van der Waals surface area contributed by atoms with Crippen LogP contribution in [0.1, 0.15) is 43.2 Å². The molecule has 1 aromatic heterocycles. The third-order valence-electron chi connectivity index (χ3n) is 5.77. The summed E-state index contributed by atoms with van der Waals surface area (Å²) >= 11 is 3.56. The van der Waals surface area contributed by atoms with E-state index >= 15 is 0 Å². The van der Waals surface area contributed by atoms with E-state index < -0.39 is 5.95 Å². The number of rotatable bonds is 6. The van der Waals surface area contributed by atoms with E-state index in [0.29, 0.717) is 23.6 Å². The fourth-order valence-corrected chi connectivity index (χ4v) is 4.39. The molecular formula is C22H25BrFN3O2. The van der Waals surface area contributed by atoms with Crippen molar-refractivity contribution >= 4 is 21.8 Å². The van der Waals surface area contributed by atoms with E-state index in [1.807, 2.05) is 17.0 Å². The number of carbonyl (C=O) groups is 1. The van der Waals surface area contributed by atoms with Gasteiger partial charge < -0.3 is 15.0 Å². The van der Waals surface area contributed by atoms with Crippen molar-refractivity contribution in [1.29, 1.82) is 0 Å². The molecule has 2 atom stereocenters. The molecule has 1 saturated carbocycles. The zero-order valence-electron chi connectivity index (χ0n) is 16.4. The van der Waals surface area contributed by atoms with Gasteiger partial charge in [0.25, 0.3) is 0 Å². The Bertz CT molecular complexity index is 886. The van der Waals surface area contributed by atoms with Gasteiger partial charge in [-0.15, -0.1) is 0 Å². The Balaban J connectivity index is 1.37. The van der Waals surface area contributed by atoms with Crippen molar-refractivity contribution in [1.82, 2.24) is 15.2 Å². The van der Waals surface area contributed by atoms with Crippen molar-refractivity contribution in [3.63, 3.8) is 0 Å². The molecule has 1 aromatic carbocycles. The Morgan fingerprint density at radius 1 is 1.34 bits per heavy atom. The summed E-state index contributed by atoms with van der Waals surface area (Å²) < 4.78 is 20.8. The Morgan fingerprint density at radius 3 is 2.86 bits per heavy atom. The van der Waals surface area contributed by atoms with Crippen LogP contribution in [0.3, 0.4) is 0 Å². The first-order valence-electron chi connectivity index (χ1n) is 10.0. The number of carbonyl (C=O) groups excluding carboxylic acids is 1. The molecule has 0 radical (unpaired) electrons. The predicted molar refractivity (Wildman–Crippen MR) is 112 cm³/mol. The maximum atomic E-state index is 13.8. The maximum Gasteiger partial charge on any atom is 0.219 e. The Kier molecular flexibility index (Phi) is 6.15. The fraction of sp³-hybridized carbons (Fsp3) is 0.455. The van der Waals surface area contributed by atoms with Crippen LogP contribution in [0.2, 0.25) is 0 Å². The first-order valence-corrected chi connectivity index (χ1v) is 10.8. The van der Waals surface area contributed by atoms with Gasteiger partial charge in [-0.3, -0.25) is 4.79 Å². The molecule has 5 nitrogen and oxygen atoms in total. The molecule has 1 aliphatic carbocycles. The van der Waals surface area contributed by atoms with Crippen LogP contribution in [-0.4, -0.2) is 41.0 Å². The highest BCUT2D eigenvalue weighted by atomic mass is 79.9. The van der Waals surface area contributed by atoms with Crippen LogP contribution in [0.15, 0.2) is 41.0 Å². The van der Waals surface area contributed by atoms with Gasteiger partial charge in [0.1, 0.15) is 12.4 Å². The van der Waals surface area contributed by atoms with Gasteiger partial charge in [0, 0.05) is 54.2 Å². The number of halogens is 2. The van der Waals surface area contributed by atoms with Gasteiger partial charge in [0.2, 0.25) is 11.9 Å². The van der Waals surface area contributed by atoms with E-state index in [2.05, 4.69) is 32.3 Å². The zero-order valence-corrected chi connectivity index (χ0v) is 18.0. The Hall–Kier alpha value is -1.99. The van der Waals surface area contributed by atoms with Gasteiger partial charge in [-0.1, -0.05) is 15.9 Å². The lowest BCUT2D eigenvalue weighted by molar-refractivity contribution is -0.129. The van der Waals surface area contributed by atoms with Crippen molar-refractivity contribution in [3.8, 4) is 5.75 Å². The maximum absolute atomic E-state index is 13.8. The van der Waals surface area contributed by atoms with E-state index in [-0.39, 0.29) is 12.5 Å². The summed E-state index contributed by atoms with van der Waals surface area (Å²) in [6, 6.07) is 10.2. The molecule has 1 aliphatic heterocycles. The molecule has 2 fully saturated rings. The average molecular weight is 462 g/mol. The summed E-state index contributed by atoms with van der Waals surface area (Å²) in [5, 5.41) is 3.75. The second kappa shape index (κ2) is 8.79. The van der Waals surface area contributed by atoms with Crippen LogP contribution < -0.4 is 10.1 Å². The van der Waals surface area contributed by atoms with Gasteiger partial charge in [-0.25, -0.2) is 4.98 Å². The number of nitrogens with zero attached hydrogens (tertiary/aromatic N) is 2. The molecule has 4 rings (SSSR count). The third kappa shape index (κ3) is 4.95. The summed E-state index contributed by atoms with van der Waals surface area (Å²) in [4.78, 5) is 17.1. The highest BCUT2D eigenvalue weighted by Gasteiger charge is 2.41. The van der Waals surface area contributed by atoms with Gasteiger partial charge in [0.15, 0.2) is 0 Å². The largest absolute Gasteiger partial charge is 0.488 e. The number of hydrogen-bond donors (Lipinski definition) is 1. The molecule has 2 heterocycles. The highest BCUT2D eigenvalue weighted by Crippen LogP contribution is 2.46. The van der Waals surface area contributed by atoms with Crippen LogP contribution in [0.4, 0.5) is 4.39 Å². The second-order valence-electron chi connectivity index (χ2n) is 7.82. The van der Waals surface area contributed by atoms with Crippen LogP contribution in [-0.2, 0) is 11.4 Å². The van der Waals surface area contributed by atoms with Gasteiger partial charge in [0.05, 0.1) is 0 Å². The molecule has 0 bridgehead atoms. The topological polar surface area (TPSA) is 54.5 Å². The normalized spacial score (nSPS) is 21.8. The quantitative estimate of drug-likeness (QED) is 0.660. The Morgan fingerprint density at radius 2 is 2.14 bits per heavy atom. The van der Waals surface area contributed by atoms with E-state index in [9.17, 15) is 9.18 Å². The lowest BCUT2D eigenvalue weighted by atomic mass is 10.0. The van der Waals surface area contributed by atoms with Crippen LogP contribution in [0, 0.1) is 5.95 Å². The van der Waals surface area contributed by atoms with E-state index in [1.54, 1.807) is 19.1 Å². The summed E-state index contributed by atoms with van der Waals surface area (Å²) in [5.74, 6) is 0.840. The number of pyridine rings is 1. The summed E-state index contributed by atoms with van der Waals surface area (Å²) in [6.07, 6.45) is 4.47. The van der Waals surface area contributed by atoms with Crippen LogP contribution in [0.5, 0.6) is 5.75 Å². The number of benzene rings is 1. The van der Waals surface area contributed by atoms with Crippen LogP contribution in [0.25, 0.3) is 0 Å². The van der Waals surface area contributed by atoms with Crippen molar-refractivity contribution < 1.29 is 13.9 Å². The summed E-state index contributed by atoms with van der Waals surface area (Å²) in [7, 11) is 0. The fourth-order valence-electron chi connectivity index (χ4n) is 4.01. The molecule has 1 saturated heterocycles. The molecule has 2 aromatic rings. The van der Waals surface area contributed by atoms with Crippen molar-refractivity contribution in [2.75, 3.05) is 13.1 Å². The standard InChI is InChI=1S/C22H25BrFN3O2/c1-14(28)27-9-6-17(7-10-27)26-20-12-18(20)19-11-16(23)4-5-21(19)29-13-15-3-2-8-25-22(15)24/h2-5,8,11,17-18,20,26H,6-7,9-10,12-13H2,1H3. The first kappa shape index (κ1) is 20.3. The lowest BCUT2D eigenvalue weighted by Crippen LogP contribution is -2.45. The summed E-state index contributed by atoms with van der Waals surface area (Å²) in [6.45, 7) is 3.44. The van der Waals surface area contributed by atoms with Crippen molar-refractivity contribution in [2.45, 2.75) is 50.8 Å². The van der Waals surface area contributed by atoms with E-state index in [0.717, 1.165) is 48.1 Å². The third-order valence-corrected chi connectivity index (χ3v) is 6.26. The minimum atomic E-state index is -0.492. The number of likely N-dealkylation sites (tertiary alicyclic amines) is 1. The van der Waals surface area contributed by atoms with E-state index in [1.165, 1.54) is 6.20 Å². The van der Waals surface area contributed by atoms with Gasteiger partial charge in [-0.2, -0.15) is 4.39 Å². The first-order chi connectivity index (χ1) is 14.0. The minimum Gasteiger partial charge on any atom is -0.488 e. The SMILES string of the molecule is CC(=O)N1CCC(NC2CC2c2cc(Br)ccc2OCc2cccnc2F)CC1. The van der Waals surface area contributed by atoms with Gasteiger partial charge >= 0.3 is 0 Å². The number of hydrogen-bond acceptors (Lipinski definition) is 4. The number of amides is 1. The monoisotopic (exact) mass is 461 g/mol. The lowest BCUT2D eigenvalue weighted by Gasteiger charge is -2.32. The molecule has 2 unspecified atom stereocenters. The minimum absolute atomic E-state index is 0.155. The number of piperidine rings is 1. The van der Waals surface area contributed by atoms with Crippen molar-refractivity contribution in [3.05, 3.63) is 58.1 Å². The molecular weight excluding hydrogens is 437 g/mol. The zero-order chi connectivity index (χ0) is 20.4. The molecule has 1 amide bonds. The number of aromatic nitrogens is 1. The predicted octanol–water partition coefficient (Wildman–Crippen LogP) is 4.02. The Labute approximate surface area is 178 Å². The summed E-state index contributed by atoms with van der Waals surface area (Å²) in [5.41, 5.74) is 1.59. The second-order valence-corrected chi connectivity index (χ2v) is 8.74. The smallest absolute Gasteiger partial charge is 0.219 e. The average Bonchev–Trinajstić information content (AvgIpc) is 3.47. The molecule has 154 valence electrons. The highest BCUT2D eigenvalue weighted by molar-refractivity contribution is 9.10. The number of nitrogens with one attached hydrogen (secondary N) is 1. The number of ether oxygens (including phenoxy) is 1. The molecule has 29 heavy (non-hydrogen) atoms. The molecule has 2 aliphatic rings.